The Kier molecular flexibility index (Phi) is 4.14. The Morgan fingerprint density at radius 3 is 2.30 bits per heavy atom. The number of rotatable bonds is 4. The molecule has 0 bridgehead atoms. The van der Waals surface area contributed by atoms with Crippen LogP contribution in [-0.2, 0) is 6.54 Å². The number of hydrogen-bond acceptors (Lipinski definition) is 2. The number of primary amides is 1. The lowest BCUT2D eigenvalue weighted by Crippen LogP contribution is -2.19. The number of carbonyl (C=O) groups excluding carboxylic acids is 1. The Morgan fingerprint density at radius 2 is 1.70 bits per heavy atom. The molecule has 2 rings (SSSR count). The predicted molar refractivity (Wildman–Crippen MR) is 73.3 cm³/mol. The number of amides is 2. The van der Waals surface area contributed by atoms with Gasteiger partial charge in [0.25, 0.3) is 0 Å². The van der Waals surface area contributed by atoms with Gasteiger partial charge in [0.05, 0.1) is 0 Å². The van der Waals surface area contributed by atoms with Crippen molar-refractivity contribution in [2.24, 2.45) is 5.73 Å². The first-order valence-electron chi connectivity index (χ1n) is 5.89. The highest BCUT2D eigenvalue weighted by Crippen LogP contribution is 2.16. The number of nitrogens with one attached hydrogen (secondary N) is 2. The summed E-state index contributed by atoms with van der Waals surface area (Å²) < 4.78 is 26.2. The molecule has 2 aromatic carbocycles. The first-order valence-corrected chi connectivity index (χ1v) is 5.89. The van der Waals surface area contributed by atoms with E-state index in [2.05, 4.69) is 10.6 Å². The molecule has 0 heterocycles. The molecule has 0 radical (unpaired) electrons. The van der Waals surface area contributed by atoms with E-state index in [0.29, 0.717) is 11.3 Å². The number of nitrogens with two attached hydrogens (primary N) is 1. The molecule has 6 heteroatoms. The Hall–Kier alpha value is -2.63. The van der Waals surface area contributed by atoms with Crippen molar-refractivity contribution in [1.29, 1.82) is 0 Å². The molecule has 0 saturated heterocycles. The van der Waals surface area contributed by atoms with Gasteiger partial charge in [-0.3, -0.25) is 0 Å². The lowest BCUT2D eigenvalue weighted by Gasteiger charge is -2.08. The summed E-state index contributed by atoms with van der Waals surface area (Å²) in [6.45, 7) is 0.231. The Bertz CT molecular complexity index is 614. The van der Waals surface area contributed by atoms with Crippen molar-refractivity contribution < 1.29 is 13.6 Å². The summed E-state index contributed by atoms with van der Waals surface area (Å²) in [6.07, 6.45) is 0. The van der Waals surface area contributed by atoms with Crippen molar-refractivity contribution in [2.75, 3.05) is 10.6 Å². The molecule has 0 spiro atoms. The molecule has 2 amide bonds. The van der Waals surface area contributed by atoms with Crippen molar-refractivity contribution in [2.45, 2.75) is 6.54 Å². The van der Waals surface area contributed by atoms with Gasteiger partial charge in [0, 0.05) is 29.5 Å². The standard InChI is InChI=1S/C14H13F2N3O/c15-10-2-1-9(13(16)7-10)8-18-11-3-5-12(6-4-11)19-14(17)20/h1-7,18H,8H2,(H3,17,19,20). The van der Waals surface area contributed by atoms with E-state index in [1.165, 1.54) is 12.1 Å². The monoisotopic (exact) mass is 277 g/mol. The quantitative estimate of drug-likeness (QED) is 0.804. The lowest BCUT2D eigenvalue weighted by molar-refractivity contribution is 0.259. The van der Waals surface area contributed by atoms with Gasteiger partial charge in [-0.1, -0.05) is 6.07 Å². The van der Waals surface area contributed by atoms with Gasteiger partial charge in [0.15, 0.2) is 0 Å². The van der Waals surface area contributed by atoms with Crippen LogP contribution in [-0.4, -0.2) is 6.03 Å². The number of anilines is 2. The van der Waals surface area contributed by atoms with E-state index in [-0.39, 0.29) is 6.54 Å². The Morgan fingerprint density at radius 1 is 1.05 bits per heavy atom. The summed E-state index contributed by atoms with van der Waals surface area (Å²) in [5.74, 6) is -1.20. The van der Waals surface area contributed by atoms with E-state index in [9.17, 15) is 13.6 Å². The van der Waals surface area contributed by atoms with Gasteiger partial charge in [0.1, 0.15) is 11.6 Å². The lowest BCUT2D eigenvalue weighted by atomic mass is 10.2. The number of halogens is 2. The third kappa shape index (κ3) is 3.68. The van der Waals surface area contributed by atoms with Crippen LogP contribution in [0.1, 0.15) is 5.56 Å². The van der Waals surface area contributed by atoms with Gasteiger partial charge in [-0.15, -0.1) is 0 Å². The second-order valence-corrected chi connectivity index (χ2v) is 4.16. The molecule has 0 aliphatic carbocycles. The van der Waals surface area contributed by atoms with Crippen LogP contribution in [0.25, 0.3) is 0 Å². The summed E-state index contributed by atoms with van der Waals surface area (Å²) in [6, 6.07) is 9.55. The maximum Gasteiger partial charge on any atom is 0.316 e. The van der Waals surface area contributed by atoms with Gasteiger partial charge in [-0.2, -0.15) is 0 Å². The van der Waals surface area contributed by atoms with Crippen LogP contribution in [0.15, 0.2) is 42.5 Å². The summed E-state index contributed by atoms with van der Waals surface area (Å²) in [7, 11) is 0. The minimum Gasteiger partial charge on any atom is -0.381 e. The third-order valence-corrected chi connectivity index (χ3v) is 2.65. The van der Waals surface area contributed by atoms with E-state index in [1.807, 2.05) is 0 Å². The van der Waals surface area contributed by atoms with Gasteiger partial charge in [-0.25, -0.2) is 13.6 Å². The van der Waals surface area contributed by atoms with E-state index in [4.69, 9.17) is 5.73 Å². The third-order valence-electron chi connectivity index (χ3n) is 2.65. The molecule has 0 fully saturated rings. The average molecular weight is 277 g/mol. The average Bonchev–Trinajstić information content (AvgIpc) is 2.39. The molecule has 2 aromatic rings. The zero-order valence-corrected chi connectivity index (χ0v) is 10.5. The Balaban J connectivity index is 1.98. The molecule has 4 nitrogen and oxygen atoms in total. The fraction of sp³-hybridized carbons (Fsp3) is 0.0714. The van der Waals surface area contributed by atoms with Crippen LogP contribution < -0.4 is 16.4 Å². The maximum atomic E-state index is 13.4. The summed E-state index contributed by atoms with van der Waals surface area (Å²) >= 11 is 0. The van der Waals surface area contributed by atoms with Gasteiger partial charge >= 0.3 is 6.03 Å². The molecular formula is C14H13F2N3O. The van der Waals surface area contributed by atoms with Crippen molar-refractivity contribution in [3.8, 4) is 0 Å². The zero-order chi connectivity index (χ0) is 14.5. The van der Waals surface area contributed by atoms with Gasteiger partial charge in [-0.05, 0) is 30.3 Å². The van der Waals surface area contributed by atoms with Crippen LogP contribution in [0, 0.1) is 11.6 Å². The number of hydrogen-bond donors (Lipinski definition) is 3. The van der Waals surface area contributed by atoms with Crippen LogP contribution >= 0.6 is 0 Å². The topological polar surface area (TPSA) is 67.2 Å². The second-order valence-electron chi connectivity index (χ2n) is 4.16. The molecule has 20 heavy (non-hydrogen) atoms. The first kappa shape index (κ1) is 13.8. The molecule has 0 aliphatic heterocycles. The van der Waals surface area contributed by atoms with Crippen molar-refractivity contribution in [3.05, 3.63) is 59.7 Å². The van der Waals surface area contributed by atoms with Crippen LogP contribution in [0.3, 0.4) is 0 Å². The van der Waals surface area contributed by atoms with E-state index < -0.39 is 17.7 Å². The zero-order valence-electron chi connectivity index (χ0n) is 10.5. The molecule has 0 unspecified atom stereocenters. The Labute approximate surface area is 114 Å². The highest BCUT2D eigenvalue weighted by atomic mass is 19.1. The van der Waals surface area contributed by atoms with E-state index in [0.717, 1.165) is 11.8 Å². The van der Waals surface area contributed by atoms with Crippen LogP contribution in [0.5, 0.6) is 0 Å². The van der Waals surface area contributed by atoms with Crippen molar-refractivity contribution in [1.82, 2.24) is 0 Å². The maximum absolute atomic E-state index is 13.4. The SMILES string of the molecule is NC(=O)Nc1ccc(NCc2ccc(F)cc2F)cc1. The van der Waals surface area contributed by atoms with E-state index in [1.54, 1.807) is 24.3 Å². The van der Waals surface area contributed by atoms with Gasteiger partial charge in [0.2, 0.25) is 0 Å². The van der Waals surface area contributed by atoms with Crippen LogP contribution in [0.4, 0.5) is 25.0 Å². The van der Waals surface area contributed by atoms with E-state index >= 15 is 0 Å². The summed E-state index contributed by atoms with van der Waals surface area (Å²) in [5, 5.41) is 5.43. The highest BCUT2D eigenvalue weighted by molar-refractivity contribution is 5.87. The summed E-state index contributed by atoms with van der Waals surface area (Å²) in [5.41, 5.74) is 6.66. The molecule has 4 N–H and O–H groups in total. The largest absolute Gasteiger partial charge is 0.381 e. The smallest absolute Gasteiger partial charge is 0.316 e. The predicted octanol–water partition coefficient (Wildman–Crippen LogP) is 3.07. The first-order chi connectivity index (χ1) is 9.54. The molecule has 0 aliphatic rings. The number of benzene rings is 2. The fourth-order valence-corrected chi connectivity index (χ4v) is 1.68. The summed E-state index contributed by atoms with van der Waals surface area (Å²) in [4.78, 5) is 10.7. The minimum absolute atomic E-state index is 0.231. The van der Waals surface area contributed by atoms with Gasteiger partial charge < -0.3 is 16.4 Å². The number of urea groups is 1. The normalized spacial score (nSPS) is 10.1. The second kappa shape index (κ2) is 6.01. The van der Waals surface area contributed by atoms with Crippen molar-refractivity contribution >= 4 is 17.4 Å². The van der Waals surface area contributed by atoms with Crippen LogP contribution in [0.2, 0.25) is 0 Å². The number of carbonyl (C=O) groups is 1. The molecule has 0 saturated carbocycles. The molecule has 104 valence electrons. The fourth-order valence-electron chi connectivity index (χ4n) is 1.68. The highest BCUT2D eigenvalue weighted by Gasteiger charge is 2.03. The molecule has 0 aromatic heterocycles. The molecular weight excluding hydrogens is 264 g/mol. The molecule has 0 atom stereocenters. The van der Waals surface area contributed by atoms with Crippen molar-refractivity contribution in [3.63, 3.8) is 0 Å². The minimum atomic E-state index is -0.640.